The topological polar surface area (TPSA) is 42.3 Å². The summed E-state index contributed by atoms with van der Waals surface area (Å²) < 4.78 is 43.4. The van der Waals surface area contributed by atoms with Crippen molar-refractivity contribution in [3.05, 3.63) is 11.3 Å². The predicted octanol–water partition coefficient (Wildman–Crippen LogP) is 1.46. The van der Waals surface area contributed by atoms with E-state index in [-0.39, 0.29) is 5.88 Å². The lowest BCUT2D eigenvalue weighted by Gasteiger charge is -2.31. The molecule has 0 bridgehead atoms. The molecular formula is C13H21F3N4O. The highest BCUT2D eigenvalue weighted by Crippen LogP contribution is 2.26. The number of ether oxygens (including phenoxy) is 1. The number of nitrogens with zero attached hydrogens (tertiary/aromatic N) is 3. The zero-order chi connectivity index (χ0) is 15.6. The van der Waals surface area contributed by atoms with E-state index >= 15 is 0 Å². The van der Waals surface area contributed by atoms with Gasteiger partial charge in [0.05, 0.1) is 11.3 Å². The van der Waals surface area contributed by atoms with Crippen molar-refractivity contribution in [2.45, 2.75) is 32.6 Å². The Bertz CT molecular complexity index is 486. The standard InChI is InChI=1S/C13H21F3N4O/c1-9-6-20(5-4-17-9)7-11-10(2)18-19(3)12(11)21-8-13(14,15)16/h9,17H,4-8H2,1-3H3/t9-/m1/s1. The van der Waals surface area contributed by atoms with E-state index in [1.165, 1.54) is 4.68 Å². The lowest BCUT2D eigenvalue weighted by atomic mass is 10.2. The fraction of sp³-hybridized carbons (Fsp3) is 0.769. The summed E-state index contributed by atoms with van der Waals surface area (Å²) in [5, 5.41) is 7.51. The highest BCUT2D eigenvalue weighted by atomic mass is 19.4. The molecule has 8 heteroatoms. The van der Waals surface area contributed by atoms with Crippen LogP contribution in [0.4, 0.5) is 13.2 Å². The summed E-state index contributed by atoms with van der Waals surface area (Å²) in [5.41, 5.74) is 1.44. The molecule has 0 aliphatic carbocycles. The molecule has 1 aliphatic rings. The number of hydrogen-bond acceptors (Lipinski definition) is 4. The van der Waals surface area contributed by atoms with Gasteiger partial charge < -0.3 is 10.1 Å². The van der Waals surface area contributed by atoms with Crippen molar-refractivity contribution in [3.63, 3.8) is 0 Å². The van der Waals surface area contributed by atoms with E-state index in [1.807, 2.05) is 0 Å². The second kappa shape index (κ2) is 6.23. The Kier molecular flexibility index (Phi) is 4.77. The average Bonchev–Trinajstić information content (AvgIpc) is 2.61. The zero-order valence-electron chi connectivity index (χ0n) is 12.5. The molecule has 1 fully saturated rings. The highest BCUT2D eigenvalue weighted by Gasteiger charge is 2.30. The summed E-state index contributed by atoms with van der Waals surface area (Å²) >= 11 is 0. The van der Waals surface area contributed by atoms with Crippen molar-refractivity contribution in [2.75, 3.05) is 26.2 Å². The fourth-order valence-electron chi connectivity index (χ4n) is 2.57. The van der Waals surface area contributed by atoms with Gasteiger partial charge in [0.1, 0.15) is 0 Å². The number of piperazine rings is 1. The van der Waals surface area contributed by atoms with Gasteiger partial charge in [0, 0.05) is 39.3 Å². The monoisotopic (exact) mass is 306 g/mol. The number of aromatic nitrogens is 2. The van der Waals surface area contributed by atoms with Gasteiger partial charge in [-0.15, -0.1) is 0 Å². The first-order valence-corrected chi connectivity index (χ1v) is 6.94. The molecule has 0 spiro atoms. The van der Waals surface area contributed by atoms with Gasteiger partial charge >= 0.3 is 6.18 Å². The van der Waals surface area contributed by atoms with E-state index in [0.717, 1.165) is 25.2 Å². The van der Waals surface area contributed by atoms with E-state index in [9.17, 15) is 13.2 Å². The van der Waals surface area contributed by atoms with Gasteiger partial charge in [0.25, 0.3) is 0 Å². The molecule has 0 radical (unpaired) electrons. The number of alkyl halides is 3. The minimum Gasteiger partial charge on any atom is -0.468 e. The lowest BCUT2D eigenvalue weighted by Crippen LogP contribution is -2.48. The number of nitrogens with one attached hydrogen (secondary N) is 1. The SMILES string of the molecule is Cc1nn(C)c(OCC(F)(F)F)c1CN1CCN[C@H](C)C1. The van der Waals surface area contributed by atoms with Gasteiger partial charge in [-0.2, -0.15) is 18.3 Å². The van der Waals surface area contributed by atoms with Gasteiger partial charge in [0.15, 0.2) is 6.61 Å². The molecule has 1 N–H and O–H groups in total. The minimum absolute atomic E-state index is 0.205. The molecular weight excluding hydrogens is 285 g/mol. The molecule has 21 heavy (non-hydrogen) atoms. The molecule has 0 aromatic carbocycles. The van der Waals surface area contributed by atoms with Crippen LogP contribution >= 0.6 is 0 Å². The van der Waals surface area contributed by atoms with Gasteiger partial charge in [0.2, 0.25) is 5.88 Å². The van der Waals surface area contributed by atoms with Crippen LogP contribution in [0.15, 0.2) is 0 Å². The molecule has 120 valence electrons. The van der Waals surface area contributed by atoms with Gasteiger partial charge in [-0.3, -0.25) is 4.90 Å². The largest absolute Gasteiger partial charge is 0.468 e. The van der Waals surface area contributed by atoms with Crippen molar-refractivity contribution in [3.8, 4) is 5.88 Å². The number of hydrogen-bond donors (Lipinski definition) is 1. The highest BCUT2D eigenvalue weighted by molar-refractivity contribution is 5.31. The predicted molar refractivity (Wildman–Crippen MR) is 72.2 cm³/mol. The summed E-state index contributed by atoms with van der Waals surface area (Å²) in [6.07, 6.45) is -4.35. The van der Waals surface area contributed by atoms with E-state index in [4.69, 9.17) is 4.74 Å². The molecule has 5 nitrogen and oxygen atoms in total. The van der Waals surface area contributed by atoms with E-state index in [0.29, 0.717) is 18.3 Å². The molecule has 1 aromatic heterocycles. The van der Waals surface area contributed by atoms with Gasteiger partial charge in [-0.25, -0.2) is 4.68 Å². The average molecular weight is 306 g/mol. The van der Waals surface area contributed by atoms with Crippen molar-refractivity contribution in [2.24, 2.45) is 7.05 Å². The molecule has 2 heterocycles. The summed E-state index contributed by atoms with van der Waals surface area (Å²) in [5.74, 6) is 0.205. The Morgan fingerprint density at radius 3 is 2.76 bits per heavy atom. The maximum Gasteiger partial charge on any atom is 0.422 e. The first kappa shape index (κ1) is 16.1. The summed E-state index contributed by atoms with van der Waals surface area (Å²) in [6.45, 7) is 5.73. The van der Waals surface area contributed by atoms with E-state index < -0.39 is 12.8 Å². The van der Waals surface area contributed by atoms with Crippen LogP contribution in [0.1, 0.15) is 18.2 Å². The molecule has 1 atom stereocenters. The smallest absolute Gasteiger partial charge is 0.422 e. The Labute approximate surface area is 122 Å². The van der Waals surface area contributed by atoms with E-state index in [2.05, 4.69) is 22.2 Å². The third-order valence-corrected chi connectivity index (χ3v) is 3.50. The second-order valence-corrected chi connectivity index (χ2v) is 5.49. The van der Waals surface area contributed by atoms with Crippen LogP contribution in [0.2, 0.25) is 0 Å². The van der Waals surface area contributed by atoms with E-state index in [1.54, 1.807) is 14.0 Å². The normalized spacial score (nSPS) is 20.8. The molecule has 2 rings (SSSR count). The third-order valence-electron chi connectivity index (χ3n) is 3.50. The van der Waals surface area contributed by atoms with Crippen molar-refractivity contribution >= 4 is 0 Å². The third kappa shape index (κ3) is 4.34. The first-order valence-electron chi connectivity index (χ1n) is 6.94. The molecule has 0 saturated carbocycles. The first-order chi connectivity index (χ1) is 9.76. The zero-order valence-corrected chi connectivity index (χ0v) is 12.5. The molecule has 0 unspecified atom stereocenters. The Balaban J connectivity index is 2.10. The van der Waals surface area contributed by atoms with Crippen LogP contribution in [0, 0.1) is 6.92 Å². The molecule has 1 aromatic rings. The van der Waals surface area contributed by atoms with Crippen LogP contribution in [0.3, 0.4) is 0 Å². The Morgan fingerprint density at radius 2 is 2.14 bits per heavy atom. The van der Waals surface area contributed by atoms with Crippen LogP contribution in [-0.2, 0) is 13.6 Å². The van der Waals surface area contributed by atoms with Crippen LogP contribution in [0.25, 0.3) is 0 Å². The van der Waals surface area contributed by atoms with Crippen LogP contribution < -0.4 is 10.1 Å². The fourth-order valence-corrected chi connectivity index (χ4v) is 2.57. The van der Waals surface area contributed by atoms with Crippen molar-refractivity contribution in [1.82, 2.24) is 20.0 Å². The number of aryl methyl sites for hydroxylation is 2. The van der Waals surface area contributed by atoms with Crippen LogP contribution in [0.5, 0.6) is 5.88 Å². The van der Waals surface area contributed by atoms with Crippen LogP contribution in [-0.4, -0.2) is 53.1 Å². The maximum absolute atomic E-state index is 12.3. The maximum atomic E-state index is 12.3. The number of halogens is 3. The molecule has 1 aliphatic heterocycles. The quantitative estimate of drug-likeness (QED) is 0.914. The minimum atomic E-state index is -4.35. The second-order valence-electron chi connectivity index (χ2n) is 5.49. The molecule has 1 saturated heterocycles. The summed E-state index contributed by atoms with van der Waals surface area (Å²) in [6, 6.07) is 0.371. The van der Waals surface area contributed by atoms with Gasteiger partial charge in [-0.1, -0.05) is 0 Å². The van der Waals surface area contributed by atoms with Crippen molar-refractivity contribution < 1.29 is 17.9 Å². The number of rotatable bonds is 4. The summed E-state index contributed by atoms with van der Waals surface area (Å²) in [4.78, 5) is 2.20. The Hall–Kier alpha value is -1.28. The van der Waals surface area contributed by atoms with Gasteiger partial charge in [-0.05, 0) is 13.8 Å². The Morgan fingerprint density at radius 1 is 1.43 bits per heavy atom. The summed E-state index contributed by atoms with van der Waals surface area (Å²) in [7, 11) is 1.60. The molecule has 0 amide bonds. The lowest BCUT2D eigenvalue weighted by molar-refractivity contribution is -0.154. The van der Waals surface area contributed by atoms with Crippen molar-refractivity contribution in [1.29, 1.82) is 0 Å².